The number of likely N-dealkylation sites (N-methyl/N-ethyl adjacent to an activating group) is 1. The maximum Gasteiger partial charge on any atom is 0.238 e. The molecule has 5 nitrogen and oxygen atoms in total. The first-order valence-electron chi connectivity index (χ1n) is 6.45. The van der Waals surface area contributed by atoms with Crippen LogP contribution in [0.15, 0.2) is 57.7 Å². The van der Waals surface area contributed by atoms with Gasteiger partial charge in [0.05, 0.1) is 6.26 Å². The van der Waals surface area contributed by atoms with Gasteiger partial charge in [0, 0.05) is 12.5 Å². The van der Waals surface area contributed by atoms with E-state index in [2.05, 4.69) is 27.6 Å². The normalized spacial score (nSPS) is 12.4. The summed E-state index contributed by atoms with van der Waals surface area (Å²) in [5.41, 5.74) is 1.19. The fourth-order valence-electron chi connectivity index (χ4n) is 2.09. The average Bonchev–Trinajstić information content (AvgIpc) is 3.16. The molecule has 0 saturated carbocycles. The van der Waals surface area contributed by atoms with Crippen LogP contribution in [0.1, 0.15) is 17.5 Å². The predicted molar refractivity (Wildman–Crippen MR) is 73.9 cm³/mol. The van der Waals surface area contributed by atoms with Crippen molar-refractivity contribution in [1.82, 2.24) is 15.5 Å². The summed E-state index contributed by atoms with van der Waals surface area (Å²) in [7, 11) is 1.92. The largest absolute Gasteiger partial charge is 0.461 e. The van der Waals surface area contributed by atoms with Gasteiger partial charge in [-0.2, -0.15) is 4.98 Å². The van der Waals surface area contributed by atoms with Crippen LogP contribution in [0.2, 0.25) is 0 Å². The highest BCUT2D eigenvalue weighted by Gasteiger charge is 2.16. The quantitative estimate of drug-likeness (QED) is 0.771. The highest BCUT2D eigenvalue weighted by Crippen LogP contribution is 2.20. The fourth-order valence-corrected chi connectivity index (χ4v) is 2.09. The molecule has 2 heterocycles. The molecule has 0 aliphatic heterocycles. The Balaban J connectivity index is 1.77. The average molecular weight is 269 g/mol. The summed E-state index contributed by atoms with van der Waals surface area (Å²) < 4.78 is 10.5. The molecule has 3 aromatic rings. The Morgan fingerprint density at radius 2 is 2.00 bits per heavy atom. The number of aromatic nitrogens is 2. The van der Waals surface area contributed by atoms with Gasteiger partial charge in [0.2, 0.25) is 11.7 Å². The summed E-state index contributed by atoms with van der Waals surface area (Å²) in [4.78, 5) is 4.35. The van der Waals surface area contributed by atoms with Gasteiger partial charge in [0.15, 0.2) is 5.76 Å². The molecule has 20 heavy (non-hydrogen) atoms. The number of hydrogen-bond donors (Lipinski definition) is 1. The molecular weight excluding hydrogens is 254 g/mol. The van der Waals surface area contributed by atoms with Crippen LogP contribution in [-0.4, -0.2) is 17.2 Å². The summed E-state index contributed by atoms with van der Waals surface area (Å²) in [6.07, 6.45) is 2.22. The minimum absolute atomic E-state index is 0.140. The zero-order valence-electron chi connectivity index (χ0n) is 11.1. The molecule has 1 unspecified atom stereocenters. The molecule has 0 aliphatic carbocycles. The van der Waals surface area contributed by atoms with Gasteiger partial charge in [0.1, 0.15) is 0 Å². The van der Waals surface area contributed by atoms with E-state index in [9.17, 15) is 0 Å². The second-order valence-electron chi connectivity index (χ2n) is 4.45. The van der Waals surface area contributed by atoms with E-state index in [1.165, 1.54) is 5.56 Å². The summed E-state index contributed by atoms with van der Waals surface area (Å²) >= 11 is 0. The minimum Gasteiger partial charge on any atom is -0.461 e. The van der Waals surface area contributed by atoms with Crippen LogP contribution < -0.4 is 5.32 Å². The fraction of sp³-hybridized carbons (Fsp3) is 0.200. The summed E-state index contributed by atoms with van der Waals surface area (Å²) in [5.74, 6) is 1.67. The molecule has 0 radical (unpaired) electrons. The Bertz CT molecular complexity index is 647. The second-order valence-corrected chi connectivity index (χ2v) is 4.45. The van der Waals surface area contributed by atoms with Gasteiger partial charge in [-0.25, -0.2) is 0 Å². The van der Waals surface area contributed by atoms with Gasteiger partial charge < -0.3 is 14.3 Å². The summed E-state index contributed by atoms with van der Waals surface area (Å²) in [6, 6.07) is 13.9. The Labute approximate surface area is 116 Å². The molecule has 0 aliphatic rings. The molecule has 0 fully saturated rings. The molecule has 102 valence electrons. The molecule has 0 amide bonds. The van der Waals surface area contributed by atoms with Gasteiger partial charge in [-0.05, 0) is 24.7 Å². The summed E-state index contributed by atoms with van der Waals surface area (Å²) in [5, 5.41) is 7.19. The highest BCUT2D eigenvalue weighted by atomic mass is 16.5. The van der Waals surface area contributed by atoms with E-state index in [4.69, 9.17) is 8.94 Å². The third-order valence-electron chi connectivity index (χ3n) is 3.14. The van der Waals surface area contributed by atoms with E-state index in [1.807, 2.05) is 25.2 Å². The van der Waals surface area contributed by atoms with Crippen molar-refractivity contribution < 1.29 is 8.94 Å². The standard InChI is InChI=1S/C15H15N3O2/c1-16-12(11-6-3-2-4-7-11)10-14-17-15(18-20-14)13-8-5-9-19-13/h2-9,12,16H,10H2,1H3. The van der Waals surface area contributed by atoms with Gasteiger partial charge in [0.25, 0.3) is 0 Å². The van der Waals surface area contributed by atoms with E-state index in [1.54, 1.807) is 18.4 Å². The van der Waals surface area contributed by atoms with Crippen LogP contribution in [0.3, 0.4) is 0 Å². The lowest BCUT2D eigenvalue weighted by Gasteiger charge is -2.13. The van der Waals surface area contributed by atoms with Crippen molar-refractivity contribution in [2.24, 2.45) is 0 Å². The Hall–Kier alpha value is -2.40. The van der Waals surface area contributed by atoms with Crippen molar-refractivity contribution in [2.75, 3.05) is 7.05 Å². The van der Waals surface area contributed by atoms with E-state index in [0.29, 0.717) is 23.9 Å². The Morgan fingerprint density at radius 1 is 1.15 bits per heavy atom. The van der Waals surface area contributed by atoms with Crippen LogP contribution in [0, 0.1) is 0 Å². The predicted octanol–water partition coefficient (Wildman–Crippen LogP) is 2.83. The number of benzene rings is 1. The third kappa shape index (κ3) is 2.62. The van der Waals surface area contributed by atoms with Gasteiger partial charge in [-0.15, -0.1) is 0 Å². The Morgan fingerprint density at radius 3 is 2.70 bits per heavy atom. The Kier molecular flexibility index (Phi) is 3.60. The van der Waals surface area contributed by atoms with Crippen LogP contribution >= 0.6 is 0 Å². The van der Waals surface area contributed by atoms with Crippen molar-refractivity contribution in [3.8, 4) is 11.6 Å². The summed E-state index contributed by atoms with van der Waals surface area (Å²) in [6.45, 7) is 0. The number of hydrogen-bond acceptors (Lipinski definition) is 5. The van der Waals surface area contributed by atoms with Gasteiger partial charge >= 0.3 is 0 Å². The molecule has 1 atom stereocenters. The molecule has 2 aromatic heterocycles. The zero-order chi connectivity index (χ0) is 13.8. The first-order chi connectivity index (χ1) is 9.86. The molecule has 0 bridgehead atoms. The van der Waals surface area contributed by atoms with Gasteiger partial charge in [-0.1, -0.05) is 35.5 Å². The lowest BCUT2D eigenvalue weighted by atomic mass is 10.0. The maximum atomic E-state index is 5.28. The molecule has 0 saturated heterocycles. The van der Waals surface area contributed by atoms with Crippen molar-refractivity contribution in [3.63, 3.8) is 0 Å². The molecule has 0 spiro atoms. The molecule has 3 rings (SSSR count). The molecular formula is C15H15N3O2. The zero-order valence-corrected chi connectivity index (χ0v) is 11.1. The smallest absolute Gasteiger partial charge is 0.238 e. The maximum absolute atomic E-state index is 5.28. The van der Waals surface area contributed by atoms with Crippen molar-refractivity contribution in [1.29, 1.82) is 0 Å². The minimum atomic E-state index is 0.140. The third-order valence-corrected chi connectivity index (χ3v) is 3.14. The molecule has 5 heteroatoms. The first kappa shape index (κ1) is 12.6. The van der Waals surface area contributed by atoms with Crippen molar-refractivity contribution in [3.05, 3.63) is 60.2 Å². The number of furan rings is 1. The molecule has 1 N–H and O–H groups in total. The van der Waals surface area contributed by atoms with Crippen molar-refractivity contribution in [2.45, 2.75) is 12.5 Å². The number of rotatable bonds is 5. The van der Waals surface area contributed by atoms with Crippen LogP contribution in [0.25, 0.3) is 11.6 Å². The highest BCUT2D eigenvalue weighted by molar-refractivity contribution is 5.44. The van der Waals surface area contributed by atoms with Crippen LogP contribution in [-0.2, 0) is 6.42 Å². The number of nitrogens with one attached hydrogen (secondary N) is 1. The second kappa shape index (κ2) is 5.71. The van der Waals surface area contributed by atoms with Crippen LogP contribution in [0.4, 0.5) is 0 Å². The number of nitrogens with zero attached hydrogens (tertiary/aromatic N) is 2. The van der Waals surface area contributed by atoms with Crippen molar-refractivity contribution >= 4 is 0 Å². The monoisotopic (exact) mass is 269 g/mol. The first-order valence-corrected chi connectivity index (χ1v) is 6.45. The SMILES string of the molecule is CNC(Cc1nc(-c2ccco2)no1)c1ccccc1. The lowest BCUT2D eigenvalue weighted by molar-refractivity contribution is 0.362. The molecule has 1 aromatic carbocycles. The van der Waals surface area contributed by atoms with E-state index >= 15 is 0 Å². The van der Waals surface area contributed by atoms with Gasteiger partial charge in [-0.3, -0.25) is 0 Å². The lowest BCUT2D eigenvalue weighted by Crippen LogP contribution is -2.18. The van der Waals surface area contributed by atoms with E-state index in [-0.39, 0.29) is 6.04 Å². The van der Waals surface area contributed by atoms with Crippen LogP contribution in [0.5, 0.6) is 0 Å². The topological polar surface area (TPSA) is 64.1 Å². The van der Waals surface area contributed by atoms with E-state index < -0.39 is 0 Å². The van der Waals surface area contributed by atoms with E-state index in [0.717, 1.165) is 0 Å².